The van der Waals surface area contributed by atoms with Gasteiger partial charge in [-0.25, -0.2) is 0 Å². The highest BCUT2D eigenvalue weighted by atomic mass is 16.2. The zero-order valence-corrected chi connectivity index (χ0v) is 19.7. The van der Waals surface area contributed by atoms with E-state index in [1.165, 1.54) is 44.9 Å². The van der Waals surface area contributed by atoms with Crippen molar-refractivity contribution in [1.29, 1.82) is 0 Å². The number of likely N-dealkylation sites (N-methyl/N-ethyl adjacent to an activating group) is 1. The molecule has 1 saturated heterocycles. The summed E-state index contributed by atoms with van der Waals surface area (Å²) in [6.45, 7) is 3.41. The summed E-state index contributed by atoms with van der Waals surface area (Å²) in [7, 11) is 2.11. The number of carbonyl (C=O) groups is 2. The lowest BCUT2D eigenvalue weighted by Gasteiger charge is -2.35. The van der Waals surface area contributed by atoms with Crippen molar-refractivity contribution in [2.75, 3.05) is 33.2 Å². The molecule has 2 fully saturated rings. The summed E-state index contributed by atoms with van der Waals surface area (Å²) in [6.07, 6.45) is 13.0. The summed E-state index contributed by atoms with van der Waals surface area (Å²) < 4.78 is 0. The van der Waals surface area contributed by atoms with Crippen molar-refractivity contribution in [3.63, 3.8) is 0 Å². The molecule has 1 aliphatic carbocycles. The zero-order valence-electron chi connectivity index (χ0n) is 19.7. The van der Waals surface area contributed by atoms with Gasteiger partial charge in [0, 0.05) is 32.2 Å². The van der Waals surface area contributed by atoms with E-state index in [0.29, 0.717) is 11.3 Å². The highest BCUT2D eigenvalue weighted by molar-refractivity contribution is 6.35. The number of amides is 2. The molecule has 0 unspecified atom stereocenters. The van der Waals surface area contributed by atoms with Crippen LogP contribution in [0, 0.1) is 0 Å². The molecule has 174 valence electrons. The van der Waals surface area contributed by atoms with Crippen molar-refractivity contribution in [3.8, 4) is 0 Å². The van der Waals surface area contributed by atoms with Crippen molar-refractivity contribution in [2.45, 2.75) is 76.7 Å². The number of imide groups is 1. The monoisotopic (exact) mass is 437 g/mol. The lowest BCUT2D eigenvalue weighted by molar-refractivity contribution is -0.140. The lowest BCUT2D eigenvalue weighted by Crippen LogP contribution is -2.47. The smallest absolute Gasteiger partial charge is 0.278 e. The van der Waals surface area contributed by atoms with Gasteiger partial charge in [-0.3, -0.25) is 14.5 Å². The van der Waals surface area contributed by atoms with E-state index in [1.54, 1.807) is 4.90 Å². The summed E-state index contributed by atoms with van der Waals surface area (Å²) in [4.78, 5) is 33.8. The molecule has 0 spiro atoms. The maximum absolute atomic E-state index is 13.8. The van der Waals surface area contributed by atoms with Crippen molar-refractivity contribution >= 4 is 17.4 Å². The highest BCUT2D eigenvalue weighted by Gasteiger charge is 2.44. The number of piperazine rings is 1. The van der Waals surface area contributed by atoms with E-state index in [4.69, 9.17) is 0 Å². The molecule has 5 heteroatoms. The Bertz CT molecular complexity index is 799. The normalized spacial score (nSPS) is 23.4. The first-order valence-electron chi connectivity index (χ1n) is 12.8. The van der Waals surface area contributed by atoms with Crippen LogP contribution < -0.4 is 0 Å². The molecule has 0 N–H and O–H groups in total. The molecule has 3 aliphatic rings. The van der Waals surface area contributed by atoms with Gasteiger partial charge in [-0.2, -0.15) is 0 Å². The second kappa shape index (κ2) is 11.1. The SMILES string of the molecule is CN1CCN(C2=C(c3ccccc3)C(=O)N(C3CCCCCCCCCCC3)C2=O)CC1. The van der Waals surface area contributed by atoms with Crippen LogP contribution in [0.25, 0.3) is 5.57 Å². The van der Waals surface area contributed by atoms with Crippen LogP contribution in [0.2, 0.25) is 0 Å². The molecule has 0 aromatic heterocycles. The Morgan fingerprint density at radius 2 is 1.22 bits per heavy atom. The van der Waals surface area contributed by atoms with E-state index < -0.39 is 0 Å². The molecule has 5 nitrogen and oxygen atoms in total. The number of carbonyl (C=O) groups excluding carboxylic acids is 2. The first-order chi connectivity index (χ1) is 15.7. The van der Waals surface area contributed by atoms with Gasteiger partial charge in [0.25, 0.3) is 11.8 Å². The van der Waals surface area contributed by atoms with Gasteiger partial charge in [0.1, 0.15) is 5.70 Å². The largest absolute Gasteiger partial charge is 0.364 e. The predicted molar refractivity (Wildman–Crippen MR) is 129 cm³/mol. The molecule has 1 aromatic rings. The van der Waals surface area contributed by atoms with Crippen molar-refractivity contribution in [1.82, 2.24) is 14.7 Å². The molecule has 1 saturated carbocycles. The fraction of sp³-hybridized carbons (Fsp3) is 0.630. The summed E-state index contributed by atoms with van der Waals surface area (Å²) in [5.41, 5.74) is 2.13. The number of benzene rings is 1. The molecule has 2 amide bonds. The topological polar surface area (TPSA) is 43.9 Å². The molecule has 0 bridgehead atoms. The van der Waals surface area contributed by atoms with Crippen LogP contribution in [-0.2, 0) is 9.59 Å². The standard InChI is InChI=1S/C27H39N3O2/c1-28-18-20-29(21-19-28)25-24(22-14-10-9-11-15-22)26(31)30(27(25)32)23-16-12-7-5-3-2-4-6-8-13-17-23/h9-11,14-15,23H,2-8,12-13,16-21H2,1H3. The minimum absolute atomic E-state index is 0.0260. The highest BCUT2D eigenvalue weighted by Crippen LogP contribution is 2.35. The molecule has 0 atom stereocenters. The molecular weight excluding hydrogens is 398 g/mol. The Labute approximate surface area is 193 Å². The quantitative estimate of drug-likeness (QED) is 0.644. The fourth-order valence-corrected chi connectivity index (χ4v) is 5.45. The van der Waals surface area contributed by atoms with E-state index in [0.717, 1.165) is 57.4 Å². The Hall–Kier alpha value is -2.14. The maximum atomic E-state index is 13.8. The van der Waals surface area contributed by atoms with Crippen LogP contribution >= 0.6 is 0 Å². The van der Waals surface area contributed by atoms with Gasteiger partial charge >= 0.3 is 0 Å². The van der Waals surface area contributed by atoms with Gasteiger partial charge in [0.15, 0.2) is 0 Å². The minimum Gasteiger partial charge on any atom is -0.364 e. The molecular formula is C27H39N3O2. The van der Waals surface area contributed by atoms with Crippen LogP contribution in [0.5, 0.6) is 0 Å². The van der Waals surface area contributed by atoms with Crippen molar-refractivity contribution < 1.29 is 9.59 Å². The third kappa shape index (κ3) is 5.25. The molecule has 32 heavy (non-hydrogen) atoms. The Balaban J connectivity index is 1.61. The molecule has 2 heterocycles. The third-order valence-electron chi connectivity index (χ3n) is 7.41. The number of hydrogen-bond acceptors (Lipinski definition) is 4. The van der Waals surface area contributed by atoms with Crippen molar-refractivity contribution in [2.24, 2.45) is 0 Å². The van der Waals surface area contributed by atoms with Gasteiger partial charge in [-0.1, -0.05) is 88.1 Å². The molecule has 1 aromatic carbocycles. The summed E-state index contributed by atoms with van der Waals surface area (Å²) in [6, 6.07) is 9.85. The molecule has 4 rings (SSSR count). The second-order valence-electron chi connectivity index (χ2n) is 9.77. The Morgan fingerprint density at radius 1 is 0.688 bits per heavy atom. The van der Waals surface area contributed by atoms with E-state index in [1.807, 2.05) is 30.3 Å². The summed E-state index contributed by atoms with van der Waals surface area (Å²) in [5, 5.41) is 0. The minimum atomic E-state index is -0.0766. The lowest BCUT2D eigenvalue weighted by atomic mass is 9.96. The maximum Gasteiger partial charge on any atom is 0.278 e. The van der Waals surface area contributed by atoms with Crippen LogP contribution in [0.3, 0.4) is 0 Å². The van der Waals surface area contributed by atoms with Gasteiger partial charge in [0.2, 0.25) is 0 Å². The summed E-state index contributed by atoms with van der Waals surface area (Å²) in [5.74, 6) is -0.136. The Morgan fingerprint density at radius 3 is 1.78 bits per heavy atom. The van der Waals surface area contributed by atoms with Crippen LogP contribution in [-0.4, -0.2) is 65.8 Å². The first-order valence-corrected chi connectivity index (χ1v) is 12.8. The summed E-state index contributed by atoms with van der Waals surface area (Å²) >= 11 is 0. The number of hydrogen-bond donors (Lipinski definition) is 0. The van der Waals surface area contributed by atoms with Gasteiger partial charge in [-0.15, -0.1) is 0 Å². The van der Waals surface area contributed by atoms with E-state index in [-0.39, 0.29) is 17.9 Å². The molecule has 0 radical (unpaired) electrons. The predicted octanol–water partition coefficient (Wildman–Crippen LogP) is 4.69. The fourth-order valence-electron chi connectivity index (χ4n) is 5.45. The van der Waals surface area contributed by atoms with Gasteiger partial charge < -0.3 is 9.80 Å². The third-order valence-corrected chi connectivity index (χ3v) is 7.41. The van der Waals surface area contributed by atoms with Crippen LogP contribution in [0.1, 0.15) is 76.2 Å². The average Bonchev–Trinajstić information content (AvgIpc) is 3.05. The Kier molecular flexibility index (Phi) is 8.01. The average molecular weight is 438 g/mol. The van der Waals surface area contributed by atoms with Crippen LogP contribution in [0.15, 0.2) is 36.0 Å². The number of nitrogens with zero attached hydrogens (tertiary/aromatic N) is 3. The first kappa shape index (κ1) is 23.0. The second-order valence-corrected chi connectivity index (χ2v) is 9.77. The zero-order chi connectivity index (χ0) is 22.3. The van der Waals surface area contributed by atoms with Crippen LogP contribution in [0.4, 0.5) is 0 Å². The van der Waals surface area contributed by atoms with Gasteiger partial charge in [-0.05, 0) is 25.5 Å². The van der Waals surface area contributed by atoms with E-state index >= 15 is 0 Å². The van der Waals surface area contributed by atoms with Crippen molar-refractivity contribution in [3.05, 3.63) is 41.6 Å². The van der Waals surface area contributed by atoms with E-state index in [2.05, 4.69) is 16.8 Å². The number of rotatable bonds is 3. The van der Waals surface area contributed by atoms with Gasteiger partial charge in [0.05, 0.1) is 5.57 Å². The van der Waals surface area contributed by atoms with E-state index in [9.17, 15) is 9.59 Å². The molecule has 2 aliphatic heterocycles.